The van der Waals surface area contributed by atoms with Gasteiger partial charge in [0, 0.05) is 25.2 Å². The molecule has 0 amide bonds. The van der Waals surface area contributed by atoms with Crippen LogP contribution in [0, 0.1) is 5.82 Å². The van der Waals surface area contributed by atoms with Crippen molar-refractivity contribution in [2.75, 3.05) is 19.0 Å². The summed E-state index contributed by atoms with van der Waals surface area (Å²) in [6, 6.07) is 0.957. The lowest BCUT2D eigenvalue weighted by molar-refractivity contribution is -0.0423. The van der Waals surface area contributed by atoms with Crippen LogP contribution in [0.25, 0.3) is 0 Å². The number of aromatic nitrogens is 1. The Morgan fingerprint density at radius 2 is 2.26 bits per heavy atom. The van der Waals surface area contributed by atoms with Crippen LogP contribution >= 0.6 is 11.6 Å². The number of sulfonamides is 1. The minimum Gasteiger partial charge on any atom is -0.371 e. The van der Waals surface area contributed by atoms with Gasteiger partial charge in [-0.15, -0.1) is 11.6 Å². The molecule has 0 bridgehead atoms. The number of morpholine rings is 1. The predicted molar refractivity (Wildman–Crippen MR) is 68.0 cm³/mol. The van der Waals surface area contributed by atoms with E-state index in [1.54, 1.807) is 6.92 Å². The van der Waals surface area contributed by atoms with Crippen molar-refractivity contribution in [2.45, 2.75) is 24.0 Å². The molecule has 2 rings (SSSR count). The molecule has 0 spiro atoms. The smallest absolute Gasteiger partial charge is 0.244 e. The van der Waals surface area contributed by atoms with E-state index in [-0.39, 0.29) is 36.1 Å². The van der Waals surface area contributed by atoms with Gasteiger partial charge in [-0.1, -0.05) is 0 Å². The summed E-state index contributed by atoms with van der Waals surface area (Å²) < 4.78 is 44.6. The van der Waals surface area contributed by atoms with E-state index in [1.165, 1.54) is 4.31 Å². The number of hydrogen-bond acceptors (Lipinski definition) is 4. The standard InChI is InChI=1S/C11H14ClFN2O3S/c1-8-6-15(7-10(3-12)18-8)19(16,17)11-2-9(13)4-14-5-11/h2,4-5,8,10H,3,6-7H2,1H3. The van der Waals surface area contributed by atoms with Gasteiger partial charge >= 0.3 is 0 Å². The molecule has 0 aromatic carbocycles. The lowest BCUT2D eigenvalue weighted by Gasteiger charge is -2.35. The molecule has 1 aliphatic heterocycles. The quantitative estimate of drug-likeness (QED) is 0.788. The van der Waals surface area contributed by atoms with Gasteiger partial charge in [0.1, 0.15) is 10.7 Å². The van der Waals surface area contributed by atoms with Crippen molar-refractivity contribution in [3.8, 4) is 0 Å². The highest BCUT2D eigenvalue weighted by atomic mass is 35.5. The van der Waals surface area contributed by atoms with Crippen LogP contribution < -0.4 is 0 Å². The highest BCUT2D eigenvalue weighted by Gasteiger charge is 2.33. The molecule has 0 radical (unpaired) electrons. The van der Waals surface area contributed by atoms with Gasteiger partial charge in [0.25, 0.3) is 0 Å². The average Bonchev–Trinajstić information content (AvgIpc) is 2.38. The molecule has 19 heavy (non-hydrogen) atoms. The fourth-order valence-corrected chi connectivity index (χ4v) is 3.66. The summed E-state index contributed by atoms with van der Waals surface area (Å²) in [4.78, 5) is 3.41. The zero-order valence-corrected chi connectivity index (χ0v) is 11.9. The van der Waals surface area contributed by atoms with E-state index in [4.69, 9.17) is 16.3 Å². The van der Waals surface area contributed by atoms with Crippen molar-refractivity contribution >= 4 is 21.6 Å². The van der Waals surface area contributed by atoms with Gasteiger partial charge in [0.15, 0.2) is 0 Å². The second-order valence-electron chi connectivity index (χ2n) is 4.38. The van der Waals surface area contributed by atoms with Crippen LogP contribution in [0.5, 0.6) is 0 Å². The summed E-state index contributed by atoms with van der Waals surface area (Å²) in [5.41, 5.74) is 0. The molecule has 0 aliphatic carbocycles. The summed E-state index contributed by atoms with van der Waals surface area (Å²) in [5, 5.41) is 0. The Morgan fingerprint density at radius 3 is 2.89 bits per heavy atom. The van der Waals surface area contributed by atoms with E-state index in [1.807, 2.05) is 0 Å². The zero-order valence-electron chi connectivity index (χ0n) is 10.3. The third-order valence-electron chi connectivity index (χ3n) is 2.78. The van der Waals surface area contributed by atoms with Crippen molar-refractivity contribution in [1.82, 2.24) is 9.29 Å². The van der Waals surface area contributed by atoms with Crippen LogP contribution in [0.3, 0.4) is 0 Å². The second kappa shape index (κ2) is 5.70. The van der Waals surface area contributed by atoms with Crippen LogP contribution in [0.2, 0.25) is 0 Å². The Balaban J connectivity index is 2.29. The maximum absolute atomic E-state index is 13.1. The van der Waals surface area contributed by atoms with Crippen LogP contribution in [-0.2, 0) is 14.8 Å². The number of rotatable bonds is 3. The first kappa shape index (κ1) is 14.6. The third-order valence-corrected chi connectivity index (χ3v) is 4.92. The van der Waals surface area contributed by atoms with E-state index in [9.17, 15) is 12.8 Å². The van der Waals surface area contributed by atoms with Gasteiger partial charge in [-0.2, -0.15) is 4.31 Å². The normalized spacial score (nSPS) is 25.4. The number of nitrogens with zero attached hydrogens (tertiary/aromatic N) is 2. The van der Waals surface area contributed by atoms with Gasteiger partial charge in [-0.25, -0.2) is 12.8 Å². The summed E-state index contributed by atoms with van der Waals surface area (Å²) >= 11 is 5.71. The fourth-order valence-electron chi connectivity index (χ4n) is 1.97. The average molecular weight is 309 g/mol. The lowest BCUT2D eigenvalue weighted by Crippen LogP contribution is -2.49. The Kier molecular flexibility index (Phi) is 4.39. The van der Waals surface area contributed by atoms with Crippen molar-refractivity contribution in [3.05, 3.63) is 24.3 Å². The molecule has 1 saturated heterocycles. The molecule has 1 aromatic heterocycles. The monoisotopic (exact) mass is 308 g/mol. The van der Waals surface area contributed by atoms with E-state index < -0.39 is 15.8 Å². The first-order valence-corrected chi connectivity index (χ1v) is 7.73. The van der Waals surface area contributed by atoms with Crippen LogP contribution in [0.15, 0.2) is 23.4 Å². The molecular formula is C11H14ClFN2O3S. The molecule has 2 unspecified atom stereocenters. The molecule has 1 fully saturated rings. The summed E-state index contributed by atoms with van der Waals surface area (Å²) in [5.74, 6) is -0.478. The van der Waals surface area contributed by atoms with E-state index in [0.29, 0.717) is 0 Å². The topological polar surface area (TPSA) is 59.5 Å². The Morgan fingerprint density at radius 1 is 1.53 bits per heavy atom. The molecule has 0 N–H and O–H groups in total. The van der Waals surface area contributed by atoms with Gasteiger partial charge < -0.3 is 4.74 Å². The number of hydrogen-bond donors (Lipinski definition) is 0. The second-order valence-corrected chi connectivity index (χ2v) is 6.63. The van der Waals surface area contributed by atoms with Crippen LogP contribution in [0.1, 0.15) is 6.92 Å². The molecule has 106 valence electrons. The molecule has 1 aliphatic rings. The highest BCUT2D eigenvalue weighted by Crippen LogP contribution is 2.21. The number of pyridine rings is 1. The molecular weight excluding hydrogens is 295 g/mol. The van der Waals surface area contributed by atoms with Crippen molar-refractivity contribution in [1.29, 1.82) is 0 Å². The lowest BCUT2D eigenvalue weighted by atomic mass is 10.3. The van der Waals surface area contributed by atoms with Gasteiger partial charge in [0.05, 0.1) is 18.4 Å². The number of alkyl halides is 1. The Hall–Kier alpha value is -0.760. The SMILES string of the molecule is CC1CN(S(=O)(=O)c2cncc(F)c2)CC(CCl)O1. The van der Waals surface area contributed by atoms with Gasteiger partial charge in [-0.05, 0) is 13.0 Å². The molecule has 0 saturated carbocycles. The molecule has 1 aromatic rings. The van der Waals surface area contributed by atoms with Crippen molar-refractivity contribution in [2.24, 2.45) is 0 Å². The fraction of sp³-hybridized carbons (Fsp3) is 0.545. The van der Waals surface area contributed by atoms with Crippen molar-refractivity contribution in [3.63, 3.8) is 0 Å². The molecule has 8 heteroatoms. The maximum Gasteiger partial charge on any atom is 0.244 e. The summed E-state index contributed by atoms with van der Waals surface area (Å²) in [7, 11) is -3.77. The summed E-state index contributed by atoms with van der Waals surface area (Å²) in [6.45, 7) is 2.14. The minimum absolute atomic E-state index is 0.157. The van der Waals surface area contributed by atoms with E-state index in [2.05, 4.69) is 4.98 Å². The molecule has 2 atom stereocenters. The highest BCUT2D eigenvalue weighted by molar-refractivity contribution is 7.89. The zero-order chi connectivity index (χ0) is 14.0. The third kappa shape index (κ3) is 3.22. The van der Waals surface area contributed by atoms with Crippen molar-refractivity contribution < 1.29 is 17.5 Å². The molecule has 5 nitrogen and oxygen atoms in total. The molecule has 2 heterocycles. The first-order chi connectivity index (χ1) is 8.93. The minimum atomic E-state index is -3.77. The Bertz CT molecular complexity index is 555. The van der Waals surface area contributed by atoms with Gasteiger partial charge in [-0.3, -0.25) is 4.98 Å². The van der Waals surface area contributed by atoms with E-state index in [0.717, 1.165) is 18.5 Å². The summed E-state index contributed by atoms with van der Waals surface area (Å²) in [6.07, 6.45) is 1.48. The van der Waals surface area contributed by atoms with Crippen LogP contribution in [-0.4, -0.2) is 48.9 Å². The van der Waals surface area contributed by atoms with E-state index >= 15 is 0 Å². The van der Waals surface area contributed by atoms with Gasteiger partial charge in [0.2, 0.25) is 10.0 Å². The first-order valence-electron chi connectivity index (χ1n) is 5.75. The number of halogens is 2. The number of ether oxygens (including phenoxy) is 1. The Labute approximate surface area is 116 Å². The largest absolute Gasteiger partial charge is 0.371 e. The maximum atomic E-state index is 13.1. The van der Waals surface area contributed by atoms with Crippen LogP contribution in [0.4, 0.5) is 4.39 Å². The predicted octanol–water partition coefficient (Wildman–Crippen LogP) is 1.24.